The van der Waals surface area contributed by atoms with E-state index in [9.17, 15) is 14.7 Å². The molecule has 0 saturated carbocycles. The van der Waals surface area contributed by atoms with Crippen LogP contribution in [0, 0.1) is 0 Å². The molecule has 2 aliphatic rings. The number of amides is 1. The molecule has 0 aliphatic carbocycles. The summed E-state index contributed by atoms with van der Waals surface area (Å²) in [6.07, 6.45) is -0.0603. The minimum absolute atomic E-state index is 0.0240. The highest BCUT2D eigenvalue weighted by atomic mass is 16.5. The monoisotopic (exact) mass is 528 g/mol. The van der Waals surface area contributed by atoms with E-state index in [4.69, 9.17) is 14.2 Å². The Morgan fingerprint density at radius 3 is 2.64 bits per heavy atom. The average molecular weight is 529 g/mol. The smallest absolute Gasteiger partial charge is 0.295 e. The second-order valence-electron chi connectivity index (χ2n) is 9.93. The highest BCUT2D eigenvalue weighted by molar-refractivity contribution is 6.46. The average Bonchev–Trinajstić information content (AvgIpc) is 3.18. The van der Waals surface area contributed by atoms with Crippen LogP contribution in [0.15, 0.2) is 72.3 Å². The zero-order valence-corrected chi connectivity index (χ0v) is 22.5. The van der Waals surface area contributed by atoms with Crippen LogP contribution in [-0.2, 0) is 16.1 Å². The van der Waals surface area contributed by atoms with Crippen molar-refractivity contribution >= 4 is 23.1 Å². The van der Waals surface area contributed by atoms with Gasteiger partial charge in [0.25, 0.3) is 11.7 Å². The molecule has 39 heavy (non-hydrogen) atoms. The zero-order valence-electron chi connectivity index (χ0n) is 22.5. The molecule has 2 aliphatic heterocycles. The molecule has 1 fully saturated rings. The molecule has 0 bridgehead atoms. The standard InChI is InChI=1S/C31H32N2O6/c1-19(2)39-23-10-7-9-20(16-23)28-27(29(34)21-12-13-26-24(17-21)32(3)14-15-38-26)30(35)31(36)33(28)18-22-8-5-6-11-25(22)37-4/h5-13,16-17,19,28,34H,14-15,18H2,1-4H3/b29-27-. The first-order valence-corrected chi connectivity index (χ1v) is 12.9. The maximum Gasteiger partial charge on any atom is 0.295 e. The Labute approximate surface area is 228 Å². The third-order valence-electron chi connectivity index (χ3n) is 6.95. The molecule has 1 amide bonds. The molecule has 5 rings (SSSR count). The number of aliphatic hydroxyl groups excluding tert-OH is 1. The Morgan fingerprint density at radius 1 is 1.08 bits per heavy atom. The van der Waals surface area contributed by atoms with E-state index in [1.54, 1.807) is 25.3 Å². The Kier molecular flexibility index (Phi) is 7.19. The summed E-state index contributed by atoms with van der Waals surface area (Å²) in [7, 11) is 3.51. The topological polar surface area (TPSA) is 88.5 Å². The third kappa shape index (κ3) is 5.02. The number of ether oxygens (including phenoxy) is 3. The number of rotatable bonds is 7. The van der Waals surface area contributed by atoms with Gasteiger partial charge >= 0.3 is 0 Å². The van der Waals surface area contributed by atoms with Crippen molar-refractivity contribution in [1.29, 1.82) is 0 Å². The number of anilines is 1. The first kappa shape index (κ1) is 26.2. The summed E-state index contributed by atoms with van der Waals surface area (Å²) in [5, 5.41) is 11.6. The van der Waals surface area contributed by atoms with Crippen LogP contribution in [0.4, 0.5) is 5.69 Å². The van der Waals surface area contributed by atoms with Gasteiger partial charge in [-0.15, -0.1) is 0 Å². The van der Waals surface area contributed by atoms with Gasteiger partial charge in [0.05, 0.1) is 43.6 Å². The summed E-state index contributed by atoms with van der Waals surface area (Å²) in [6, 6.07) is 19.1. The van der Waals surface area contributed by atoms with Crippen LogP contribution in [-0.4, -0.2) is 55.1 Å². The molecule has 1 N–H and O–H groups in total. The Morgan fingerprint density at radius 2 is 1.87 bits per heavy atom. The SMILES string of the molecule is COc1ccccc1CN1C(=O)C(=O)/C(=C(\O)c2ccc3c(c2)N(C)CCO3)C1c1cccc(OC(C)C)c1. The molecule has 3 aromatic rings. The molecule has 0 spiro atoms. The van der Waals surface area contributed by atoms with E-state index in [0.717, 1.165) is 11.3 Å². The lowest BCUT2D eigenvalue weighted by atomic mass is 9.94. The summed E-state index contributed by atoms with van der Waals surface area (Å²) >= 11 is 0. The number of likely N-dealkylation sites (tertiary alicyclic amines) is 1. The number of methoxy groups -OCH3 is 1. The third-order valence-corrected chi connectivity index (χ3v) is 6.95. The summed E-state index contributed by atoms with van der Waals surface area (Å²) < 4.78 is 17.2. The maximum absolute atomic E-state index is 13.6. The van der Waals surface area contributed by atoms with Gasteiger partial charge in [-0.3, -0.25) is 9.59 Å². The number of aliphatic hydroxyl groups is 1. The number of hydrogen-bond acceptors (Lipinski definition) is 7. The van der Waals surface area contributed by atoms with Crippen molar-refractivity contribution in [3.05, 3.63) is 89.0 Å². The number of Topliss-reactive ketones (excluding diaryl/α,β-unsaturated/α-hetero) is 1. The van der Waals surface area contributed by atoms with Crippen LogP contribution in [0.3, 0.4) is 0 Å². The predicted molar refractivity (Wildman–Crippen MR) is 148 cm³/mol. The maximum atomic E-state index is 13.6. The summed E-state index contributed by atoms with van der Waals surface area (Å²) in [4.78, 5) is 30.6. The van der Waals surface area contributed by atoms with Gasteiger partial charge in [-0.1, -0.05) is 30.3 Å². The van der Waals surface area contributed by atoms with Crippen LogP contribution in [0.2, 0.25) is 0 Å². The Hall–Kier alpha value is -4.46. The predicted octanol–water partition coefficient (Wildman–Crippen LogP) is 4.93. The number of para-hydroxylation sites is 1. The first-order chi connectivity index (χ1) is 18.8. The van der Waals surface area contributed by atoms with Gasteiger partial charge in [-0.2, -0.15) is 0 Å². The van der Waals surface area contributed by atoms with E-state index in [-0.39, 0.29) is 24.0 Å². The van der Waals surface area contributed by atoms with Crippen LogP contribution < -0.4 is 19.1 Å². The van der Waals surface area contributed by atoms with Crippen molar-refractivity contribution < 1.29 is 28.9 Å². The van der Waals surface area contributed by atoms with Crippen LogP contribution in [0.25, 0.3) is 5.76 Å². The number of ketones is 1. The molecular formula is C31H32N2O6. The molecule has 1 saturated heterocycles. The molecule has 1 unspecified atom stereocenters. The molecule has 3 aromatic carbocycles. The van der Waals surface area contributed by atoms with Gasteiger partial charge < -0.3 is 29.1 Å². The van der Waals surface area contributed by atoms with Crippen LogP contribution in [0.1, 0.15) is 36.6 Å². The minimum atomic E-state index is -0.837. The fraction of sp³-hybridized carbons (Fsp3) is 0.290. The number of benzene rings is 3. The lowest BCUT2D eigenvalue weighted by Crippen LogP contribution is -2.29. The second-order valence-corrected chi connectivity index (χ2v) is 9.93. The van der Waals surface area contributed by atoms with E-state index in [2.05, 4.69) is 0 Å². The van der Waals surface area contributed by atoms with Gasteiger partial charge in [-0.25, -0.2) is 0 Å². The molecule has 0 radical (unpaired) electrons. The van der Waals surface area contributed by atoms with Gasteiger partial charge in [0, 0.05) is 18.2 Å². The first-order valence-electron chi connectivity index (χ1n) is 12.9. The lowest BCUT2D eigenvalue weighted by molar-refractivity contribution is -0.140. The molecule has 1 atom stereocenters. The van der Waals surface area contributed by atoms with Crippen molar-refractivity contribution in [1.82, 2.24) is 4.90 Å². The van der Waals surface area contributed by atoms with E-state index < -0.39 is 17.7 Å². The summed E-state index contributed by atoms with van der Waals surface area (Å²) in [5.74, 6) is 0.237. The molecular weight excluding hydrogens is 496 g/mol. The summed E-state index contributed by atoms with van der Waals surface area (Å²) in [5.41, 5.74) is 2.66. The van der Waals surface area contributed by atoms with E-state index in [0.29, 0.717) is 41.5 Å². The fourth-order valence-electron chi connectivity index (χ4n) is 5.09. The van der Waals surface area contributed by atoms with Crippen molar-refractivity contribution in [2.24, 2.45) is 0 Å². The molecule has 2 heterocycles. The largest absolute Gasteiger partial charge is 0.507 e. The second kappa shape index (κ2) is 10.7. The number of fused-ring (bicyclic) bond motifs is 1. The molecule has 202 valence electrons. The van der Waals surface area contributed by atoms with Crippen molar-refractivity contribution in [2.45, 2.75) is 32.5 Å². The quantitative estimate of drug-likeness (QED) is 0.264. The van der Waals surface area contributed by atoms with Crippen LogP contribution >= 0.6 is 0 Å². The van der Waals surface area contributed by atoms with E-state index in [1.807, 2.05) is 74.3 Å². The highest BCUT2D eigenvalue weighted by Crippen LogP contribution is 2.43. The van der Waals surface area contributed by atoms with Gasteiger partial charge in [0.2, 0.25) is 0 Å². The number of hydrogen-bond donors (Lipinski definition) is 1. The van der Waals surface area contributed by atoms with E-state index >= 15 is 0 Å². The molecule has 0 aromatic heterocycles. The zero-order chi connectivity index (χ0) is 27.7. The minimum Gasteiger partial charge on any atom is -0.507 e. The molecule has 8 nitrogen and oxygen atoms in total. The summed E-state index contributed by atoms with van der Waals surface area (Å²) in [6.45, 7) is 5.24. The van der Waals surface area contributed by atoms with E-state index in [1.165, 1.54) is 4.90 Å². The van der Waals surface area contributed by atoms with Crippen molar-refractivity contribution in [3.8, 4) is 17.2 Å². The Bertz CT molecular complexity index is 1450. The number of carbonyl (C=O) groups excluding carboxylic acids is 2. The fourth-order valence-corrected chi connectivity index (χ4v) is 5.09. The lowest BCUT2D eigenvalue weighted by Gasteiger charge is -2.28. The van der Waals surface area contributed by atoms with Gasteiger partial charge in [0.1, 0.15) is 29.6 Å². The normalized spacial score (nSPS) is 18.2. The Balaban J connectivity index is 1.65. The van der Waals surface area contributed by atoms with Crippen molar-refractivity contribution in [3.63, 3.8) is 0 Å². The van der Waals surface area contributed by atoms with Gasteiger partial charge in [0.15, 0.2) is 0 Å². The molecule has 8 heteroatoms. The van der Waals surface area contributed by atoms with Crippen LogP contribution in [0.5, 0.6) is 17.2 Å². The van der Waals surface area contributed by atoms with Crippen molar-refractivity contribution in [2.75, 3.05) is 32.2 Å². The number of likely N-dealkylation sites (N-methyl/N-ethyl adjacent to an activating group) is 1. The number of nitrogens with zero attached hydrogens (tertiary/aromatic N) is 2. The highest BCUT2D eigenvalue weighted by Gasteiger charge is 2.46. The number of carbonyl (C=O) groups is 2. The van der Waals surface area contributed by atoms with Gasteiger partial charge in [-0.05, 0) is 55.8 Å².